The molecule has 19 heavy (non-hydrogen) atoms. The summed E-state index contributed by atoms with van der Waals surface area (Å²) in [5.41, 5.74) is -0.610. The Bertz CT molecular complexity index is 503. The highest BCUT2D eigenvalue weighted by Gasteiger charge is 2.27. The van der Waals surface area contributed by atoms with Crippen LogP contribution in [-0.4, -0.2) is 35.6 Å². The molecule has 1 aromatic rings. The van der Waals surface area contributed by atoms with Crippen LogP contribution in [0.25, 0.3) is 0 Å². The first kappa shape index (κ1) is 15.4. The van der Waals surface area contributed by atoms with Crippen molar-refractivity contribution in [1.82, 2.24) is 10.3 Å². The molecule has 0 spiro atoms. The molecule has 0 aromatic carbocycles. The number of halogens is 1. The van der Waals surface area contributed by atoms with Crippen LogP contribution >= 0.6 is 15.9 Å². The van der Waals surface area contributed by atoms with Crippen molar-refractivity contribution in [2.75, 3.05) is 18.9 Å². The third kappa shape index (κ3) is 3.92. The molecule has 0 atom stereocenters. The van der Waals surface area contributed by atoms with E-state index in [1.54, 1.807) is 20.9 Å². The summed E-state index contributed by atoms with van der Waals surface area (Å²) in [5, 5.41) is 14.6. The monoisotopic (exact) mass is 329 g/mol. The summed E-state index contributed by atoms with van der Waals surface area (Å²) >= 11 is 3.17. The highest BCUT2D eigenvalue weighted by molar-refractivity contribution is 9.10. The number of hydrogen-bond acceptors (Lipinski definition) is 4. The maximum absolute atomic E-state index is 11.6. The summed E-state index contributed by atoms with van der Waals surface area (Å²) in [5.74, 6) is -0.962. The zero-order valence-electron chi connectivity index (χ0n) is 11.0. The van der Waals surface area contributed by atoms with Gasteiger partial charge in [0.1, 0.15) is 11.4 Å². The molecular weight excluding hydrogens is 314 g/mol. The Labute approximate surface area is 119 Å². The number of aromatic carboxylic acids is 1. The van der Waals surface area contributed by atoms with Crippen LogP contribution in [0.2, 0.25) is 0 Å². The Morgan fingerprint density at radius 2 is 2.11 bits per heavy atom. The smallest absolute Gasteiger partial charge is 0.339 e. The van der Waals surface area contributed by atoms with Gasteiger partial charge in [-0.3, -0.25) is 4.79 Å². The van der Waals surface area contributed by atoms with E-state index in [9.17, 15) is 9.59 Å². The van der Waals surface area contributed by atoms with E-state index in [1.807, 2.05) is 0 Å². The molecule has 0 aliphatic rings. The van der Waals surface area contributed by atoms with Crippen LogP contribution in [0.4, 0.5) is 5.82 Å². The molecule has 3 N–H and O–H groups in total. The number of rotatable bonds is 5. The van der Waals surface area contributed by atoms with Crippen molar-refractivity contribution in [3.63, 3.8) is 0 Å². The highest BCUT2D eigenvalue weighted by atomic mass is 79.9. The van der Waals surface area contributed by atoms with Gasteiger partial charge in [-0.1, -0.05) is 0 Å². The van der Waals surface area contributed by atoms with Crippen LogP contribution in [0.15, 0.2) is 16.7 Å². The van der Waals surface area contributed by atoms with Gasteiger partial charge in [-0.2, -0.15) is 0 Å². The molecule has 0 aliphatic heterocycles. The van der Waals surface area contributed by atoms with Crippen molar-refractivity contribution in [2.24, 2.45) is 5.41 Å². The molecule has 7 heteroatoms. The molecule has 1 aromatic heterocycles. The number of carboxylic acid groups (broad SMARTS) is 1. The molecule has 1 rings (SSSR count). The van der Waals surface area contributed by atoms with E-state index in [-0.39, 0.29) is 23.8 Å². The van der Waals surface area contributed by atoms with Gasteiger partial charge >= 0.3 is 5.97 Å². The van der Waals surface area contributed by atoms with Gasteiger partial charge in [0.05, 0.1) is 5.41 Å². The fourth-order valence-electron chi connectivity index (χ4n) is 1.47. The second-order valence-corrected chi connectivity index (χ2v) is 5.59. The average molecular weight is 330 g/mol. The number of aromatic nitrogens is 1. The number of nitrogens with one attached hydrogen (secondary N) is 2. The van der Waals surface area contributed by atoms with Crippen molar-refractivity contribution in [1.29, 1.82) is 0 Å². The van der Waals surface area contributed by atoms with Crippen molar-refractivity contribution in [3.8, 4) is 0 Å². The Kier molecular flexibility index (Phi) is 4.88. The van der Waals surface area contributed by atoms with E-state index in [0.29, 0.717) is 4.47 Å². The molecule has 0 unspecified atom stereocenters. The SMILES string of the molecule is CNC(=O)C(C)(C)CNc1ncc(Br)cc1C(=O)O. The van der Waals surface area contributed by atoms with E-state index < -0.39 is 11.4 Å². The van der Waals surface area contributed by atoms with Gasteiger partial charge < -0.3 is 15.7 Å². The van der Waals surface area contributed by atoms with Gasteiger partial charge in [0, 0.05) is 24.3 Å². The first-order valence-electron chi connectivity index (χ1n) is 5.63. The zero-order valence-corrected chi connectivity index (χ0v) is 12.5. The number of pyridine rings is 1. The van der Waals surface area contributed by atoms with E-state index in [1.165, 1.54) is 12.3 Å². The van der Waals surface area contributed by atoms with Crippen molar-refractivity contribution < 1.29 is 14.7 Å². The van der Waals surface area contributed by atoms with E-state index in [4.69, 9.17) is 5.11 Å². The number of nitrogens with zero attached hydrogens (tertiary/aromatic N) is 1. The number of amides is 1. The average Bonchev–Trinajstić information content (AvgIpc) is 2.36. The predicted molar refractivity (Wildman–Crippen MR) is 75.2 cm³/mol. The summed E-state index contributed by atoms with van der Waals surface area (Å²) in [7, 11) is 1.56. The van der Waals surface area contributed by atoms with Crippen LogP contribution in [0.3, 0.4) is 0 Å². The highest BCUT2D eigenvalue weighted by Crippen LogP contribution is 2.21. The van der Waals surface area contributed by atoms with Crippen LogP contribution in [-0.2, 0) is 4.79 Å². The Hall–Kier alpha value is -1.63. The normalized spacial score (nSPS) is 10.9. The minimum absolute atomic E-state index is 0.0575. The van der Waals surface area contributed by atoms with Crippen molar-refractivity contribution >= 4 is 33.6 Å². The van der Waals surface area contributed by atoms with Crippen LogP contribution < -0.4 is 10.6 Å². The van der Waals surface area contributed by atoms with E-state index in [0.717, 1.165) is 0 Å². The molecule has 104 valence electrons. The summed E-state index contributed by atoms with van der Waals surface area (Å²) in [6.45, 7) is 3.80. The molecule has 0 radical (unpaired) electrons. The molecule has 0 saturated carbocycles. The minimum Gasteiger partial charge on any atom is -0.478 e. The first-order valence-corrected chi connectivity index (χ1v) is 6.42. The third-order valence-electron chi connectivity index (χ3n) is 2.62. The molecule has 0 fully saturated rings. The maximum atomic E-state index is 11.6. The second kappa shape index (κ2) is 6.01. The number of anilines is 1. The van der Waals surface area contributed by atoms with Crippen molar-refractivity contribution in [2.45, 2.75) is 13.8 Å². The van der Waals surface area contributed by atoms with Gasteiger partial charge in [-0.05, 0) is 35.8 Å². The molecule has 1 heterocycles. The van der Waals surface area contributed by atoms with Crippen LogP contribution in [0.5, 0.6) is 0 Å². The predicted octanol–water partition coefficient (Wildman–Crippen LogP) is 1.73. The topological polar surface area (TPSA) is 91.3 Å². The maximum Gasteiger partial charge on any atom is 0.339 e. The number of hydrogen-bond donors (Lipinski definition) is 3. The molecule has 0 aliphatic carbocycles. The van der Waals surface area contributed by atoms with E-state index >= 15 is 0 Å². The molecule has 1 amide bonds. The summed E-state index contributed by atoms with van der Waals surface area (Å²) in [6.07, 6.45) is 1.50. The van der Waals surface area contributed by atoms with Gasteiger partial charge in [0.15, 0.2) is 0 Å². The lowest BCUT2D eigenvalue weighted by Gasteiger charge is -2.23. The van der Waals surface area contributed by atoms with Crippen LogP contribution in [0, 0.1) is 5.41 Å². The largest absolute Gasteiger partial charge is 0.478 e. The molecular formula is C12H16BrN3O3. The van der Waals surface area contributed by atoms with Gasteiger partial charge in [0.25, 0.3) is 0 Å². The lowest BCUT2D eigenvalue weighted by atomic mass is 9.92. The Morgan fingerprint density at radius 1 is 1.47 bits per heavy atom. The number of carbonyl (C=O) groups is 2. The number of carbonyl (C=O) groups excluding carboxylic acids is 1. The summed E-state index contributed by atoms with van der Waals surface area (Å²) in [6, 6.07) is 1.46. The Morgan fingerprint density at radius 3 is 2.63 bits per heavy atom. The summed E-state index contributed by atoms with van der Waals surface area (Å²) < 4.78 is 0.584. The quantitative estimate of drug-likeness (QED) is 0.765. The lowest BCUT2D eigenvalue weighted by Crippen LogP contribution is -2.39. The molecule has 0 bridgehead atoms. The second-order valence-electron chi connectivity index (χ2n) is 4.67. The van der Waals surface area contributed by atoms with Gasteiger partial charge in [-0.15, -0.1) is 0 Å². The van der Waals surface area contributed by atoms with Gasteiger partial charge in [-0.25, -0.2) is 9.78 Å². The molecule has 6 nitrogen and oxygen atoms in total. The van der Waals surface area contributed by atoms with Crippen LogP contribution in [0.1, 0.15) is 24.2 Å². The fraction of sp³-hybridized carbons (Fsp3) is 0.417. The van der Waals surface area contributed by atoms with Crippen molar-refractivity contribution in [3.05, 3.63) is 22.3 Å². The zero-order chi connectivity index (χ0) is 14.6. The first-order chi connectivity index (χ1) is 8.77. The summed E-state index contributed by atoms with van der Waals surface area (Å²) in [4.78, 5) is 26.8. The lowest BCUT2D eigenvalue weighted by molar-refractivity contribution is -0.128. The number of carboxylic acids is 1. The standard InChI is InChI=1S/C12H16BrN3O3/c1-12(2,11(19)14-3)6-16-9-8(10(17)18)4-7(13)5-15-9/h4-5H,6H2,1-3H3,(H,14,19)(H,15,16)(H,17,18). The van der Waals surface area contributed by atoms with E-state index in [2.05, 4.69) is 31.5 Å². The third-order valence-corrected chi connectivity index (χ3v) is 3.06. The fourth-order valence-corrected chi connectivity index (χ4v) is 1.80. The minimum atomic E-state index is -1.07. The Balaban J connectivity index is 2.89. The molecule has 0 saturated heterocycles. The van der Waals surface area contributed by atoms with Gasteiger partial charge in [0.2, 0.25) is 5.91 Å².